The molecule has 0 aromatic heterocycles. The van der Waals surface area contributed by atoms with Gasteiger partial charge < -0.3 is 9.84 Å². The van der Waals surface area contributed by atoms with E-state index in [1.807, 2.05) is 24.3 Å². The van der Waals surface area contributed by atoms with Gasteiger partial charge in [-0.05, 0) is 61.2 Å². The molecule has 146 valence electrons. The molecule has 0 radical (unpaired) electrons. The number of carboxylic acid groups (broad SMARTS) is 1. The molecule has 0 aliphatic rings. The normalized spacial score (nSPS) is 12.5. The van der Waals surface area contributed by atoms with Crippen LogP contribution in [0.25, 0.3) is 0 Å². The molecule has 2 rings (SSSR count). The molecule has 0 aliphatic carbocycles. The molecule has 0 saturated carbocycles. The summed E-state index contributed by atoms with van der Waals surface area (Å²) in [6.45, 7) is 0. The molecule has 1 unspecified atom stereocenters. The van der Waals surface area contributed by atoms with Gasteiger partial charge in [-0.3, -0.25) is 4.79 Å². The zero-order chi connectivity index (χ0) is 19.9. The average molecular weight is 411 g/mol. The van der Waals surface area contributed by atoms with E-state index in [9.17, 15) is 18.3 Å². The van der Waals surface area contributed by atoms with Crippen LogP contribution in [-0.4, -0.2) is 31.9 Å². The zero-order valence-electron chi connectivity index (χ0n) is 15.1. The molecule has 2 aromatic carbocycles. The topological polar surface area (TPSA) is 80.7 Å². The molecule has 0 saturated heterocycles. The van der Waals surface area contributed by atoms with Crippen molar-refractivity contribution in [1.29, 1.82) is 0 Å². The van der Waals surface area contributed by atoms with Crippen LogP contribution in [0.3, 0.4) is 0 Å². The lowest BCUT2D eigenvalue weighted by molar-refractivity contribution is -0.136. The number of hydrogen-bond acceptors (Lipinski definition) is 4. The average Bonchev–Trinajstić information content (AvgIpc) is 2.65. The first-order valence-electron chi connectivity index (χ1n) is 8.70. The van der Waals surface area contributed by atoms with E-state index in [0.29, 0.717) is 11.4 Å². The highest BCUT2D eigenvalue weighted by Gasteiger charge is 2.33. The summed E-state index contributed by atoms with van der Waals surface area (Å²) in [4.78, 5) is 11.5. The van der Waals surface area contributed by atoms with Crippen molar-refractivity contribution >= 4 is 27.4 Å². The van der Waals surface area contributed by atoms with Crippen molar-refractivity contribution in [2.24, 2.45) is 0 Å². The first-order chi connectivity index (χ1) is 12.8. The molecule has 1 N–H and O–H groups in total. The highest BCUT2D eigenvalue weighted by atomic mass is 35.5. The van der Waals surface area contributed by atoms with Crippen LogP contribution >= 0.6 is 11.6 Å². The fourth-order valence-electron chi connectivity index (χ4n) is 2.83. The van der Waals surface area contributed by atoms with E-state index in [1.54, 1.807) is 7.11 Å². The van der Waals surface area contributed by atoms with E-state index >= 15 is 0 Å². The van der Waals surface area contributed by atoms with Gasteiger partial charge in [0.05, 0.1) is 12.0 Å². The van der Waals surface area contributed by atoms with E-state index in [-0.39, 0.29) is 11.3 Å². The predicted octanol–water partition coefficient (Wildman–Crippen LogP) is 4.38. The summed E-state index contributed by atoms with van der Waals surface area (Å²) in [5.74, 6) is -0.518. The third kappa shape index (κ3) is 5.97. The summed E-state index contributed by atoms with van der Waals surface area (Å²) in [7, 11) is -2.32. The second-order valence-corrected chi connectivity index (χ2v) is 8.84. The second-order valence-electron chi connectivity index (χ2n) is 6.27. The van der Waals surface area contributed by atoms with Crippen molar-refractivity contribution in [2.45, 2.75) is 42.2 Å². The number of hydrogen-bond donors (Lipinski definition) is 1. The molecular weight excluding hydrogens is 388 g/mol. The first-order valence-corrected chi connectivity index (χ1v) is 10.6. The smallest absolute Gasteiger partial charge is 0.322 e. The van der Waals surface area contributed by atoms with Crippen LogP contribution in [0.15, 0.2) is 53.4 Å². The minimum atomic E-state index is -3.94. The molecule has 0 aliphatic heterocycles. The lowest BCUT2D eigenvalue weighted by Gasteiger charge is -2.14. The molecule has 0 spiro atoms. The second kappa shape index (κ2) is 9.76. The number of benzene rings is 2. The quantitative estimate of drug-likeness (QED) is 0.588. The van der Waals surface area contributed by atoms with Crippen LogP contribution in [0.2, 0.25) is 5.02 Å². The standard InChI is InChI=1S/C20H23ClO5S/c1-26-17-11-7-15(8-12-17)5-3-2-4-6-19(20(22)23)27(24,25)18-13-9-16(21)10-14-18/h7-14,19H,2-6H2,1H3,(H,22,23). The van der Waals surface area contributed by atoms with E-state index in [1.165, 1.54) is 29.8 Å². The van der Waals surface area contributed by atoms with Gasteiger partial charge in [0.1, 0.15) is 5.75 Å². The highest BCUT2D eigenvalue weighted by Crippen LogP contribution is 2.23. The Kier molecular flexibility index (Phi) is 7.68. The fourth-order valence-corrected chi connectivity index (χ4v) is 4.54. The Balaban J connectivity index is 1.88. The largest absolute Gasteiger partial charge is 0.497 e. The lowest BCUT2D eigenvalue weighted by atomic mass is 10.1. The van der Waals surface area contributed by atoms with Crippen LogP contribution in [0, 0.1) is 0 Å². The maximum absolute atomic E-state index is 12.6. The Hall–Kier alpha value is -2.05. The minimum absolute atomic E-state index is 0.0162. The van der Waals surface area contributed by atoms with Crippen molar-refractivity contribution in [3.8, 4) is 5.75 Å². The first kappa shape index (κ1) is 21.3. The summed E-state index contributed by atoms with van der Waals surface area (Å²) >= 11 is 5.77. The number of unbranched alkanes of at least 4 members (excludes halogenated alkanes) is 2. The molecule has 0 fully saturated rings. The van der Waals surface area contributed by atoms with Crippen LogP contribution in [0.1, 0.15) is 31.2 Å². The van der Waals surface area contributed by atoms with Gasteiger partial charge in [0.2, 0.25) is 0 Å². The van der Waals surface area contributed by atoms with Gasteiger partial charge in [-0.2, -0.15) is 0 Å². The van der Waals surface area contributed by atoms with E-state index in [4.69, 9.17) is 16.3 Å². The summed E-state index contributed by atoms with van der Waals surface area (Å²) < 4.78 is 30.3. The Morgan fingerprint density at radius 3 is 2.22 bits per heavy atom. The van der Waals surface area contributed by atoms with Crippen molar-refractivity contribution in [2.75, 3.05) is 7.11 Å². The summed E-state index contributed by atoms with van der Waals surface area (Å²) in [6, 6.07) is 13.4. The molecular formula is C20H23ClO5S. The summed E-state index contributed by atoms with van der Waals surface area (Å²) in [5.41, 5.74) is 1.17. The number of carboxylic acids is 1. The van der Waals surface area contributed by atoms with Crippen molar-refractivity contribution in [3.05, 3.63) is 59.1 Å². The van der Waals surface area contributed by atoms with Gasteiger partial charge in [-0.1, -0.05) is 36.6 Å². The molecule has 0 heterocycles. The minimum Gasteiger partial charge on any atom is -0.497 e. The van der Waals surface area contributed by atoms with E-state index in [2.05, 4.69) is 0 Å². The monoisotopic (exact) mass is 410 g/mol. The Morgan fingerprint density at radius 1 is 1.04 bits per heavy atom. The summed E-state index contributed by atoms with van der Waals surface area (Å²) in [6.07, 6.45) is 3.08. The van der Waals surface area contributed by atoms with Crippen molar-refractivity contribution in [3.63, 3.8) is 0 Å². The number of carbonyl (C=O) groups is 1. The lowest BCUT2D eigenvalue weighted by Crippen LogP contribution is -2.30. The molecule has 1 atom stereocenters. The SMILES string of the molecule is COc1ccc(CCCCCC(C(=O)O)S(=O)(=O)c2ccc(Cl)cc2)cc1. The van der Waals surface area contributed by atoms with Crippen LogP contribution in [0.4, 0.5) is 0 Å². The number of aliphatic carboxylic acids is 1. The predicted molar refractivity (Wildman–Crippen MR) is 105 cm³/mol. The van der Waals surface area contributed by atoms with Gasteiger partial charge in [-0.25, -0.2) is 8.42 Å². The highest BCUT2D eigenvalue weighted by molar-refractivity contribution is 7.92. The Labute approximate surface area is 164 Å². The number of halogens is 1. The van der Waals surface area contributed by atoms with Crippen LogP contribution in [0.5, 0.6) is 5.75 Å². The molecule has 2 aromatic rings. The number of aryl methyl sites for hydroxylation is 1. The molecule has 7 heteroatoms. The summed E-state index contributed by atoms with van der Waals surface area (Å²) in [5, 5.41) is 8.35. The zero-order valence-corrected chi connectivity index (χ0v) is 16.7. The van der Waals surface area contributed by atoms with Crippen molar-refractivity contribution < 1.29 is 23.1 Å². The number of methoxy groups -OCH3 is 1. The number of rotatable bonds is 10. The molecule has 27 heavy (non-hydrogen) atoms. The maximum atomic E-state index is 12.6. The van der Waals surface area contributed by atoms with Gasteiger partial charge in [0, 0.05) is 5.02 Å². The van der Waals surface area contributed by atoms with Crippen molar-refractivity contribution in [1.82, 2.24) is 0 Å². The molecule has 5 nitrogen and oxygen atoms in total. The molecule has 0 bridgehead atoms. The van der Waals surface area contributed by atoms with Gasteiger partial charge in [0.25, 0.3) is 0 Å². The van der Waals surface area contributed by atoms with Crippen LogP contribution < -0.4 is 4.74 Å². The number of ether oxygens (including phenoxy) is 1. The Bertz CT molecular complexity index is 845. The third-order valence-corrected chi connectivity index (χ3v) is 6.75. The maximum Gasteiger partial charge on any atom is 0.322 e. The van der Waals surface area contributed by atoms with E-state index < -0.39 is 21.1 Å². The van der Waals surface area contributed by atoms with Gasteiger partial charge >= 0.3 is 5.97 Å². The van der Waals surface area contributed by atoms with Crippen LogP contribution in [-0.2, 0) is 21.1 Å². The van der Waals surface area contributed by atoms with Gasteiger partial charge in [-0.15, -0.1) is 0 Å². The van der Waals surface area contributed by atoms with E-state index in [0.717, 1.165) is 25.0 Å². The fraction of sp³-hybridized carbons (Fsp3) is 0.350. The molecule has 0 amide bonds. The van der Waals surface area contributed by atoms with Gasteiger partial charge in [0.15, 0.2) is 15.1 Å². The Morgan fingerprint density at radius 2 is 1.67 bits per heavy atom. The third-order valence-electron chi connectivity index (χ3n) is 4.38. The number of sulfone groups is 1.